The summed E-state index contributed by atoms with van der Waals surface area (Å²) in [5.74, 6) is 1.67. The molecule has 1 aliphatic heterocycles. The Labute approximate surface area is 146 Å². The number of morpholine rings is 1. The number of anilines is 1. The number of fused-ring (bicyclic) bond motifs is 1. The SMILES string of the molecule is CC1COCCN1c1cc(C2CC2)c2c(n1)c(-c1ccn[nH]1)nn2C. The van der Waals surface area contributed by atoms with Gasteiger partial charge in [0.25, 0.3) is 0 Å². The van der Waals surface area contributed by atoms with Crippen LogP contribution in [0.5, 0.6) is 0 Å². The number of aromatic nitrogens is 5. The molecule has 0 amide bonds. The summed E-state index contributed by atoms with van der Waals surface area (Å²) in [5, 5.41) is 11.9. The van der Waals surface area contributed by atoms with Gasteiger partial charge in [0.15, 0.2) is 0 Å². The molecule has 0 bridgehead atoms. The Morgan fingerprint density at radius 2 is 2.20 bits per heavy atom. The first-order valence-electron chi connectivity index (χ1n) is 8.94. The molecule has 3 aromatic rings. The van der Waals surface area contributed by atoms with Gasteiger partial charge in [0, 0.05) is 19.8 Å². The van der Waals surface area contributed by atoms with E-state index in [1.54, 1.807) is 6.20 Å². The first-order valence-corrected chi connectivity index (χ1v) is 8.94. The first-order chi connectivity index (χ1) is 12.2. The second kappa shape index (κ2) is 5.56. The summed E-state index contributed by atoms with van der Waals surface area (Å²) in [7, 11) is 2.01. The fraction of sp³-hybridized carbons (Fsp3) is 0.500. The molecule has 1 saturated heterocycles. The second-order valence-electron chi connectivity index (χ2n) is 7.10. The molecule has 1 aliphatic carbocycles. The third-order valence-electron chi connectivity index (χ3n) is 5.24. The maximum atomic E-state index is 5.60. The van der Waals surface area contributed by atoms with Crippen LogP contribution in [0.4, 0.5) is 5.82 Å². The van der Waals surface area contributed by atoms with Crippen LogP contribution in [0.2, 0.25) is 0 Å². The zero-order chi connectivity index (χ0) is 17.0. The highest BCUT2D eigenvalue weighted by molar-refractivity contribution is 5.92. The van der Waals surface area contributed by atoms with E-state index in [0.717, 1.165) is 48.0 Å². The van der Waals surface area contributed by atoms with Crippen molar-refractivity contribution < 1.29 is 4.74 Å². The maximum Gasteiger partial charge on any atom is 0.136 e. The zero-order valence-electron chi connectivity index (χ0n) is 14.6. The lowest BCUT2D eigenvalue weighted by Crippen LogP contribution is -2.44. The molecule has 2 aliphatic rings. The fourth-order valence-electron chi connectivity index (χ4n) is 3.79. The van der Waals surface area contributed by atoms with Crippen LogP contribution in [0.15, 0.2) is 18.3 Å². The highest BCUT2D eigenvalue weighted by atomic mass is 16.5. The summed E-state index contributed by atoms with van der Waals surface area (Å²) in [4.78, 5) is 7.40. The molecule has 130 valence electrons. The van der Waals surface area contributed by atoms with Gasteiger partial charge in [0.1, 0.15) is 17.0 Å². The molecule has 7 heteroatoms. The van der Waals surface area contributed by atoms with E-state index in [4.69, 9.17) is 14.8 Å². The van der Waals surface area contributed by atoms with Gasteiger partial charge in [0.2, 0.25) is 0 Å². The van der Waals surface area contributed by atoms with Crippen LogP contribution in [-0.2, 0) is 11.8 Å². The van der Waals surface area contributed by atoms with Crippen LogP contribution < -0.4 is 4.90 Å². The van der Waals surface area contributed by atoms with Crippen molar-refractivity contribution in [2.24, 2.45) is 7.05 Å². The molecule has 0 spiro atoms. The van der Waals surface area contributed by atoms with Gasteiger partial charge in [-0.15, -0.1) is 0 Å². The molecule has 1 N–H and O–H groups in total. The second-order valence-corrected chi connectivity index (χ2v) is 7.10. The molecule has 3 aromatic heterocycles. The van der Waals surface area contributed by atoms with Crippen molar-refractivity contribution in [1.29, 1.82) is 0 Å². The molecular weight excluding hydrogens is 316 g/mol. The number of pyridine rings is 1. The van der Waals surface area contributed by atoms with Gasteiger partial charge in [0.05, 0.1) is 30.5 Å². The maximum absolute atomic E-state index is 5.60. The van der Waals surface area contributed by atoms with Crippen molar-refractivity contribution in [2.45, 2.75) is 31.7 Å². The molecule has 1 unspecified atom stereocenters. The lowest BCUT2D eigenvalue weighted by atomic mass is 10.1. The fourth-order valence-corrected chi connectivity index (χ4v) is 3.79. The average Bonchev–Trinajstić information content (AvgIpc) is 3.22. The van der Waals surface area contributed by atoms with Crippen LogP contribution in [-0.4, -0.2) is 50.8 Å². The van der Waals surface area contributed by atoms with Gasteiger partial charge in [-0.05, 0) is 43.4 Å². The minimum atomic E-state index is 0.332. The Balaban J connectivity index is 1.73. The van der Waals surface area contributed by atoms with Crippen molar-refractivity contribution in [2.75, 3.05) is 24.7 Å². The summed E-state index contributed by atoms with van der Waals surface area (Å²) < 4.78 is 7.57. The van der Waals surface area contributed by atoms with E-state index in [2.05, 4.69) is 28.1 Å². The Hall–Kier alpha value is -2.41. The molecule has 2 fully saturated rings. The van der Waals surface area contributed by atoms with Crippen molar-refractivity contribution in [1.82, 2.24) is 25.0 Å². The lowest BCUT2D eigenvalue weighted by Gasteiger charge is -2.34. The van der Waals surface area contributed by atoms with E-state index in [1.165, 1.54) is 18.4 Å². The van der Waals surface area contributed by atoms with Gasteiger partial charge < -0.3 is 9.64 Å². The minimum Gasteiger partial charge on any atom is -0.377 e. The number of aryl methyl sites for hydroxylation is 1. The first kappa shape index (κ1) is 14.9. The number of hydrogen-bond donors (Lipinski definition) is 1. The van der Waals surface area contributed by atoms with Gasteiger partial charge >= 0.3 is 0 Å². The third kappa shape index (κ3) is 2.41. The standard InChI is InChI=1S/C18H22N6O/c1-11-10-25-8-7-24(11)15-9-13(12-3-4-12)18-17(20-15)16(22-23(18)2)14-5-6-19-21-14/h5-6,9,11-12H,3-4,7-8,10H2,1-2H3,(H,19,21). The Morgan fingerprint density at radius 1 is 1.32 bits per heavy atom. The molecular formula is C18H22N6O. The largest absolute Gasteiger partial charge is 0.377 e. The number of nitrogens with zero attached hydrogens (tertiary/aromatic N) is 5. The summed E-state index contributed by atoms with van der Waals surface area (Å²) in [6, 6.07) is 4.56. The molecule has 4 heterocycles. The monoisotopic (exact) mass is 338 g/mol. The molecule has 25 heavy (non-hydrogen) atoms. The van der Waals surface area contributed by atoms with E-state index < -0.39 is 0 Å². The molecule has 0 radical (unpaired) electrons. The smallest absolute Gasteiger partial charge is 0.136 e. The molecule has 1 saturated carbocycles. The quantitative estimate of drug-likeness (QED) is 0.794. The molecule has 0 aromatic carbocycles. The average molecular weight is 338 g/mol. The van der Waals surface area contributed by atoms with Gasteiger partial charge in [-0.2, -0.15) is 10.2 Å². The number of hydrogen-bond acceptors (Lipinski definition) is 5. The zero-order valence-corrected chi connectivity index (χ0v) is 14.6. The molecule has 1 atom stereocenters. The van der Waals surface area contributed by atoms with Crippen LogP contribution in [0, 0.1) is 0 Å². The normalized spacial score (nSPS) is 21.2. The highest BCUT2D eigenvalue weighted by Gasteiger charge is 2.31. The van der Waals surface area contributed by atoms with E-state index in [-0.39, 0.29) is 0 Å². The summed E-state index contributed by atoms with van der Waals surface area (Å²) in [5.41, 5.74) is 5.27. The lowest BCUT2D eigenvalue weighted by molar-refractivity contribution is 0.0985. The number of nitrogens with one attached hydrogen (secondary N) is 1. The summed E-state index contributed by atoms with van der Waals surface area (Å²) >= 11 is 0. The van der Waals surface area contributed by atoms with E-state index in [9.17, 15) is 0 Å². The van der Waals surface area contributed by atoms with Crippen LogP contribution in [0.3, 0.4) is 0 Å². The Kier molecular flexibility index (Phi) is 3.31. The van der Waals surface area contributed by atoms with Crippen LogP contribution in [0.1, 0.15) is 31.2 Å². The molecule has 5 rings (SSSR count). The topological polar surface area (TPSA) is 71.9 Å². The molecule has 7 nitrogen and oxygen atoms in total. The van der Waals surface area contributed by atoms with E-state index >= 15 is 0 Å². The van der Waals surface area contributed by atoms with Crippen molar-refractivity contribution in [3.63, 3.8) is 0 Å². The van der Waals surface area contributed by atoms with Crippen molar-refractivity contribution in [3.8, 4) is 11.4 Å². The van der Waals surface area contributed by atoms with E-state index in [1.807, 2.05) is 17.8 Å². The number of rotatable bonds is 3. The minimum absolute atomic E-state index is 0.332. The number of aromatic amines is 1. The third-order valence-corrected chi connectivity index (χ3v) is 5.24. The van der Waals surface area contributed by atoms with Gasteiger partial charge in [-0.1, -0.05) is 0 Å². The van der Waals surface area contributed by atoms with Crippen molar-refractivity contribution >= 4 is 16.9 Å². The number of H-pyrrole nitrogens is 1. The van der Waals surface area contributed by atoms with Crippen LogP contribution in [0.25, 0.3) is 22.4 Å². The van der Waals surface area contributed by atoms with Gasteiger partial charge in [-0.25, -0.2) is 4.98 Å². The summed E-state index contributed by atoms with van der Waals surface area (Å²) in [6.45, 7) is 4.58. The van der Waals surface area contributed by atoms with Crippen molar-refractivity contribution in [3.05, 3.63) is 23.9 Å². The summed E-state index contributed by atoms with van der Waals surface area (Å²) in [6.07, 6.45) is 4.26. The van der Waals surface area contributed by atoms with Gasteiger partial charge in [-0.3, -0.25) is 9.78 Å². The number of ether oxygens (including phenoxy) is 1. The predicted octanol–water partition coefficient (Wildman–Crippen LogP) is 2.46. The highest BCUT2D eigenvalue weighted by Crippen LogP contribution is 2.45. The Bertz CT molecular complexity index is 911. The van der Waals surface area contributed by atoms with E-state index in [0.29, 0.717) is 12.0 Å². The van der Waals surface area contributed by atoms with Crippen LogP contribution >= 0.6 is 0 Å². The predicted molar refractivity (Wildman–Crippen MR) is 95.7 cm³/mol. The Morgan fingerprint density at radius 3 is 2.92 bits per heavy atom.